The van der Waals surface area contributed by atoms with Crippen molar-refractivity contribution in [2.24, 2.45) is 0 Å². The lowest BCUT2D eigenvalue weighted by atomic mass is 10.1. The maximum Gasteiger partial charge on any atom is 0.264 e. The number of carbonyl (C=O) groups is 2. The number of benzene rings is 1. The summed E-state index contributed by atoms with van der Waals surface area (Å²) in [6, 6.07) is 6.92. The minimum absolute atomic E-state index is 0.0631. The number of hydrogen-bond donors (Lipinski definition) is 1. The number of hydrogen-bond acceptors (Lipinski definition) is 5. The summed E-state index contributed by atoms with van der Waals surface area (Å²) in [5.41, 5.74) is 1.47. The third-order valence-corrected chi connectivity index (χ3v) is 6.26. The molecule has 3 rings (SSSR count). The predicted molar refractivity (Wildman–Crippen MR) is 113 cm³/mol. The molecule has 1 aliphatic heterocycles. The summed E-state index contributed by atoms with van der Waals surface area (Å²) < 4.78 is 5.33. The number of nitrogens with zero attached hydrogens (tertiary/aromatic N) is 2. The molecule has 0 aliphatic carbocycles. The summed E-state index contributed by atoms with van der Waals surface area (Å²) in [4.78, 5) is 29.9. The van der Waals surface area contributed by atoms with Crippen molar-refractivity contribution < 1.29 is 14.3 Å². The van der Waals surface area contributed by atoms with Gasteiger partial charge in [-0.25, -0.2) is 0 Å². The van der Waals surface area contributed by atoms with E-state index in [0.717, 1.165) is 10.4 Å². The van der Waals surface area contributed by atoms with Crippen LogP contribution in [-0.2, 0) is 4.79 Å². The summed E-state index contributed by atoms with van der Waals surface area (Å²) in [7, 11) is 1.55. The Morgan fingerprint density at radius 3 is 2.57 bits per heavy atom. The van der Waals surface area contributed by atoms with Gasteiger partial charge in [0.15, 0.2) is 0 Å². The average Bonchev–Trinajstić information content (AvgIpc) is 3.24. The van der Waals surface area contributed by atoms with Crippen molar-refractivity contribution in [3.63, 3.8) is 0 Å². The Morgan fingerprint density at radius 2 is 1.96 bits per heavy atom. The largest absolute Gasteiger partial charge is 0.495 e. The van der Waals surface area contributed by atoms with Crippen LogP contribution < -0.4 is 10.1 Å². The highest BCUT2D eigenvalue weighted by molar-refractivity contribution is 7.12. The van der Waals surface area contributed by atoms with Crippen LogP contribution in [0, 0.1) is 6.92 Å². The van der Waals surface area contributed by atoms with Gasteiger partial charge < -0.3 is 15.0 Å². The van der Waals surface area contributed by atoms with Crippen LogP contribution in [0.25, 0.3) is 0 Å². The van der Waals surface area contributed by atoms with E-state index >= 15 is 0 Å². The zero-order valence-electron chi connectivity index (χ0n) is 16.2. The summed E-state index contributed by atoms with van der Waals surface area (Å²) >= 11 is 7.58. The lowest BCUT2D eigenvalue weighted by molar-refractivity contribution is -0.121. The lowest BCUT2D eigenvalue weighted by Crippen LogP contribution is -2.53. The molecule has 0 saturated carbocycles. The Balaban J connectivity index is 1.59. The molecule has 2 amide bonds. The van der Waals surface area contributed by atoms with E-state index in [2.05, 4.69) is 10.2 Å². The van der Waals surface area contributed by atoms with Crippen LogP contribution >= 0.6 is 22.9 Å². The molecule has 1 atom stereocenters. The SMILES string of the molecule is COc1cc(Cl)c(C)cc1NC(=O)C(C)N1CCN(C(=O)c2cccs2)CC1. The summed E-state index contributed by atoms with van der Waals surface area (Å²) in [6.45, 7) is 6.28. The highest BCUT2D eigenvalue weighted by Gasteiger charge is 2.28. The first-order chi connectivity index (χ1) is 13.4. The summed E-state index contributed by atoms with van der Waals surface area (Å²) in [5, 5.41) is 5.44. The monoisotopic (exact) mass is 421 g/mol. The molecule has 2 heterocycles. The topological polar surface area (TPSA) is 61.9 Å². The van der Waals surface area contributed by atoms with Gasteiger partial charge in [-0.3, -0.25) is 14.5 Å². The molecule has 1 saturated heterocycles. The van der Waals surface area contributed by atoms with Gasteiger partial charge in [-0.2, -0.15) is 0 Å². The molecule has 1 aliphatic rings. The van der Waals surface area contributed by atoms with E-state index in [1.54, 1.807) is 13.2 Å². The minimum Gasteiger partial charge on any atom is -0.495 e. The van der Waals surface area contributed by atoms with E-state index in [-0.39, 0.29) is 17.9 Å². The van der Waals surface area contributed by atoms with Crippen molar-refractivity contribution in [3.05, 3.63) is 45.1 Å². The van der Waals surface area contributed by atoms with Crippen molar-refractivity contribution in [3.8, 4) is 5.75 Å². The van der Waals surface area contributed by atoms with E-state index < -0.39 is 0 Å². The summed E-state index contributed by atoms with van der Waals surface area (Å²) in [6.07, 6.45) is 0. The van der Waals surface area contributed by atoms with Crippen molar-refractivity contribution in [1.82, 2.24) is 9.80 Å². The fraction of sp³-hybridized carbons (Fsp3) is 0.400. The number of anilines is 1. The molecule has 1 aromatic heterocycles. The van der Waals surface area contributed by atoms with Crippen LogP contribution in [0.15, 0.2) is 29.6 Å². The van der Waals surface area contributed by atoms with Gasteiger partial charge in [-0.1, -0.05) is 17.7 Å². The fourth-order valence-corrected chi connectivity index (χ4v) is 4.05. The second-order valence-electron chi connectivity index (χ2n) is 6.77. The van der Waals surface area contributed by atoms with Crippen molar-refractivity contribution in [2.45, 2.75) is 19.9 Å². The van der Waals surface area contributed by atoms with Crippen LogP contribution in [-0.4, -0.2) is 60.9 Å². The molecule has 150 valence electrons. The number of nitrogens with one attached hydrogen (secondary N) is 1. The first kappa shape index (κ1) is 20.6. The second kappa shape index (κ2) is 8.94. The van der Waals surface area contributed by atoms with Gasteiger partial charge >= 0.3 is 0 Å². The highest BCUT2D eigenvalue weighted by atomic mass is 35.5. The Bertz CT molecular complexity index is 849. The zero-order chi connectivity index (χ0) is 20.3. The van der Waals surface area contributed by atoms with Gasteiger partial charge in [0.1, 0.15) is 5.75 Å². The molecule has 28 heavy (non-hydrogen) atoms. The van der Waals surface area contributed by atoms with Crippen LogP contribution in [0.1, 0.15) is 22.2 Å². The van der Waals surface area contributed by atoms with Crippen LogP contribution in [0.3, 0.4) is 0 Å². The average molecular weight is 422 g/mol. The van der Waals surface area contributed by atoms with Crippen molar-refractivity contribution >= 4 is 40.4 Å². The molecule has 2 aromatic rings. The third kappa shape index (κ3) is 4.48. The molecular weight excluding hydrogens is 398 g/mol. The number of thiophene rings is 1. The van der Waals surface area contributed by atoms with E-state index in [9.17, 15) is 9.59 Å². The second-order valence-corrected chi connectivity index (χ2v) is 8.13. The first-order valence-corrected chi connectivity index (χ1v) is 10.4. The molecule has 0 spiro atoms. The van der Waals surface area contributed by atoms with Crippen LogP contribution in [0.4, 0.5) is 5.69 Å². The zero-order valence-corrected chi connectivity index (χ0v) is 17.8. The third-order valence-electron chi connectivity index (χ3n) is 5.00. The molecular formula is C20H24ClN3O3S. The number of rotatable bonds is 5. The molecule has 1 aromatic carbocycles. The quantitative estimate of drug-likeness (QED) is 0.802. The van der Waals surface area contributed by atoms with Gasteiger partial charge in [0.25, 0.3) is 5.91 Å². The number of ether oxygens (including phenoxy) is 1. The Morgan fingerprint density at radius 1 is 1.25 bits per heavy atom. The van der Waals surface area contributed by atoms with E-state index in [0.29, 0.717) is 42.6 Å². The number of halogens is 1. The predicted octanol–water partition coefficient (Wildman–Crippen LogP) is 3.50. The van der Waals surface area contributed by atoms with Crippen molar-refractivity contribution in [2.75, 3.05) is 38.6 Å². The number of aryl methyl sites for hydroxylation is 1. The molecule has 1 unspecified atom stereocenters. The number of piperazine rings is 1. The normalized spacial score (nSPS) is 15.9. The first-order valence-electron chi connectivity index (χ1n) is 9.12. The Kier molecular flexibility index (Phi) is 6.59. The van der Waals surface area contributed by atoms with Gasteiger partial charge in [0, 0.05) is 37.3 Å². The Hall–Kier alpha value is -2.09. The van der Waals surface area contributed by atoms with E-state index in [4.69, 9.17) is 16.3 Å². The highest BCUT2D eigenvalue weighted by Crippen LogP contribution is 2.31. The van der Waals surface area contributed by atoms with Gasteiger partial charge in [0.2, 0.25) is 5.91 Å². The summed E-state index contributed by atoms with van der Waals surface area (Å²) in [5.74, 6) is 0.480. The maximum atomic E-state index is 12.8. The minimum atomic E-state index is -0.320. The van der Waals surface area contributed by atoms with Gasteiger partial charge in [0.05, 0.1) is 23.7 Å². The molecule has 1 N–H and O–H groups in total. The molecule has 8 heteroatoms. The molecule has 6 nitrogen and oxygen atoms in total. The molecule has 1 fully saturated rings. The van der Waals surface area contributed by atoms with E-state index in [1.165, 1.54) is 11.3 Å². The lowest BCUT2D eigenvalue weighted by Gasteiger charge is -2.37. The maximum absolute atomic E-state index is 12.8. The van der Waals surface area contributed by atoms with Crippen molar-refractivity contribution in [1.29, 1.82) is 0 Å². The van der Waals surface area contributed by atoms with Crippen LogP contribution in [0.5, 0.6) is 5.75 Å². The Labute approximate surface area is 174 Å². The number of methoxy groups -OCH3 is 1. The van der Waals surface area contributed by atoms with E-state index in [1.807, 2.05) is 42.3 Å². The number of amides is 2. The standard InChI is InChI=1S/C20H24ClN3O3S/c1-13-11-16(17(27-3)12-15(13)21)22-19(25)14(2)23-6-8-24(9-7-23)20(26)18-5-4-10-28-18/h4-5,10-12,14H,6-9H2,1-3H3,(H,22,25). The van der Waals surface area contributed by atoms with Gasteiger partial charge in [-0.05, 0) is 36.9 Å². The molecule has 0 radical (unpaired) electrons. The van der Waals surface area contributed by atoms with Crippen LogP contribution in [0.2, 0.25) is 5.02 Å². The fourth-order valence-electron chi connectivity index (χ4n) is 3.20. The number of carbonyl (C=O) groups excluding carboxylic acids is 2. The van der Waals surface area contributed by atoms with Gasteiger partial charge in [-0.15, -0.1) is 11.3 Å². The smallest absolute Gasteiger partial charge is 0.264 e. The molecule has 0 bridgehead atoms.